The zero-order chi connectivity index (χ0) is 27.4. The second kappa shape index (κ2) is 11.3. The number of nitrogens with zero attached hydrogens (tertiary/aromatic N) is 2. The molecule has 1 fully saturated rings. The maximum atomic E-state index is 12.7. The molecule has 10 heteroatoms. The summed E-state index contributed by atoms with van der Waals surface area (Å²) in [7, 11) is -2.61. The Morgan fingerprint density at radius 3 is 2.62 bits per heavy atom. The lowest BCUT2D eigenvalue weighted by Crippen LogP contribution is -2.31. The molecule has 2 amide bonds. The van der Waals surface area contributed by atoms with Crippen molar-refractivity contribution in [1.82, 2.24) is 14.3 Å². The summed E-state index contributed by atoms with van der Waals surface area (Å²) in [5.74, 6) is 0.181. The number of fused-ring (bicyclic) bond motifs is 1. The van der Waals surface area contributed by atoms with Crippen molar-refractivity contribution >= 4 is 38.4 Å². The largest absolute Gasteiger partial charge is 0.496 e. The van der Waals surface area contributed by atoms with Gasteiger partial charge in [-0.15, -0.1) is 0 Å². The predicted molar refractivity (Wildman–Crippen MR) is 148 cm³/mol. The molecule has 2 heterocycles. The number of nitrogens with one attached hydrogen (secondary N) is 2. The molecule has 9 nitrogen and oxygen atoms in total. The Hall–Kier alpha value is -4.18. The molecule has 0 aliphatic heterocycles. The van der Waals surface area contributed by atoms with Crippen LogP contribution in [0, 0.1) is 5.92 Å². The third-order valence-corrected chi connectivity index (χ3v) is 8.28. The summed E-state index contributed by atoms with van der Waals surface area (Å²) in [6, 6.07) is 17.1. The molecular weight excluding hydrogens is 516 g/mol. The highest BCUT2D eigenvalue weighted by atomic mass is 32.2. The highest BCUT2D eigenvalue weighted by Gasteiger charge is 2.21. The molecule has 1 saturated carbocycles. The van der Waals surface area contributed by atoms with Crippen LogP contribution >= 0.6 is 0 Å². The lowest BCUT2D eigenvalue weighted by Gasteiger charge is -2.13. The number of amides is 2. The summed E-state index contributed by atoms with van der Waals surface area (Å²) >= 11 is 0. The van der Waals surface area contributed by atoms with E-state index in [1.807, 2.05) is 39.8 Å². The van der Waals surface area contributed by atoms with E-state index >= 15 is 0 Å². The molecule has 0 saturated heterocycles. The average Bonchev–Trinajstić information content (AvgIpc) is 3.59. The van der Waals surface area contributed by atoms with Gasteiger partial charge in [0, 0.05) is 35.6 Å². The van der Waals surface area contributed by atoms with Gasteiger partial charge in [-0.05, 0) is 66.6 Å². The topological polar surface area (TPSA) is 119 Å². The van der Waals surface area contributed by atoms with E-state index in [4.69, 9.17) is 4.74 Å². The molecule has 0 bridgehead atoms. The van der Waals surface area contributed by atoms with E-state index in [0.717, 1.165) is 35.0 Å². The summed E-state index contributed by atoms with van der Waals surface area (Å²) in [6.45, 7) is 0.445. The molecule has 0 unspecified atom stereocenters. The van der Waals surface area contributed by atoms with Crippen LogP contribution < -0.4 is 14.8 Å². The van der Waals surface area contributed by atoms with E-state index in [-0.39, 0.29) is 16.5 Å². The van der Waals surface area contributed by atoms with Gasteiger partial charge < -0.3 is 14.6 Å². The molecule has 39 heavy (non-hydrogen) atoms. The third-order valence-electron chi connectivity index (χ3n) is 7.04. The minimum atomic E-state index is -4.11. The molecular formula is C29H30N4O5S. The third kappa shape index (κ3) is 6.12. The minimum absolute atomic E-state index is 0.0416. The van der Waals surface area contributed by atoms with Crippen molar-refractivity contribution in [3.05, 3.63) is 84.2 Å². The van der Waals surface area contributed by atoms with Crippen LogP contribution in [0.4, 0.5) is 5.69 Å². The number of sulfonamides is 1. The number of carbonyl (C=O) groups excluding carboxylic acids is 2. The lowest BCUT2D eigenvalue weighted by molar-refractivity contribution is -0.117. The Balaban J connectivity index is 1.32. The fourth-order valence-corrected chi connectivity index (χ4v) is 5.95. The van der Waals surface area contributed by atoms with E-state index in [0.29, 0.717) is 24.6 Å². The molecule has 2 N–H and O–H groups in total. The summed E-state index contributed by atoms with van der Waals surface area (Å²) in [4.78, 5) is 29.1. The van der Waals surface area contributed by atoms with Gasteiger partial charge in [0.25, 0.3) is 15.9 Å². The number of hydrogen-bond donors (Lipinski definition) is 2. The first-order valence-corrected chi connectivity index (χ1v) is 14.3. The van der Waals surface area contributed by atoms with Crippen LogP contribution in [0.15, 0.2) is 78.1 Å². The van der Waals surface area contributed by atoms with Crippen LogP contribution in [0.25, 0.3) is 10.9 Å². The number of benzene rings is 2. The molecule has 202 valence electrons. The first kappa shape index (κ1) is 26.4. The van der Waals surface area contributed by atoms with E-state index < -0.39 is 15.9 Å². The molecule has 1 aliphatic carbocycles. The van der Waals surface area contributed by atoms with Gasteiger partial charge in [-0.25, -0.2) is 9.71 Å². The van der Waals surface area contributed by atoms with Crippen molar-refractivity contribution in [3.8, 4) is 5.75 Å². The summed E-state index contributed by atoms with van der Waals surface area (Å²) in [6.07, 6.45) is 8.51. The van der Waals surface area contributed by atoms with E-state index in [9.17, 15) is 18.0 Å². The van der Waals surface area contributed by atoms with Gasteiger partial charge in [0.15, 0.2) is 5.03 Å². The number of pyridine rings is 1. The normalized spacial score (nSPS) is 13.9. The monoisotopic (exact) mass is 546 g/mol. The van der Waals surface area contributed by atoms with Crippen molar-refractivity contribution in [2.45, 2.75) is 43.7 Å². The maximum Gasteiger partial charge on any atom is 0.281 e. The molecule has 4 aromatic rings. The fourth-order valence-electron chi connectivity index (χ4n) is 5.03. The van der Waals surface area contributed by atoms with Gasteiger partial charge in [-0.2, -0.15) is 8.42 Å². The van der Waals surface area contributed by atoms with E-state index in [1.54, 1.807) is 18.2 Å². The van der Waals surface area contributed by atoms with Crippen LogP contribution in [-0.4, -0.2) is 36.9 Å². The molecule has 5 rings (SSSR count). The van der Waals surface area contributed by atoms with Crippen LogP contribution in [-0.2, 0) is 21.4 Å². The van der Waals surface area contributed by atoms with Crippen LogP contribution in [0.5, 0.6) is 5.75 Å². The van der Waals surface area contributed by atoms with Gasteiger partial charge in [-0.1, -0.05) is 31.0 Å². The fraction of sp³-hybridized carbons (Fsp3) is 0.276. The maximum absolute atomic E-state index is 12.7. The highest BCUT2D eigenvalue weighted by molar-refractivity contribution is 7.90. The van der Waals surface area contributed by atoms with Gasteiger partial charge in [0.1, 0.15) is 5.75 Å². The zero-order valence-electron chi connectivity index (χ0n) is 21.6. The number of aromatic nitrogens is 2. The number of hydrogen-bond acceptors (Lipinski definition) is 6. The predicted octanol–water partition coefficient (Wildman–Crippen LogP) is 4.73. The van der Waals surface area contributed by atoms with Crippen molar-refractivity contribution < 1.29 is 22.7 Å². The summed E-state index contributed by atoms with van der Waals surface area (Å²) in [5, 5.41) is 3.83. The van der Waals surface area contributed by atoms with Gasteiger partial charge in [0.05, 0.1) is 19.2 Å². The summed E-state index contributed by atoms with van der Waals surface area (Å²) in [5.41, 5.74) is 2.63. The number of rotatable bonds is 9. The molecule has 0 spiro atoms. The molecule has 1 aliphatic rings. The zero-order valence-corrected chi connectivity index (χ0v) is 22.4. The number of anilines is 1. The Bertz CT molecular complexity index is 1610. The second-order valence-electron chi connectivity index (χ2n) is 9.75. The van der Waals surface area contributed by atoms with Gasteiger partial charge in [-0.3, -0.25) is 9.59 Å². The Labute approximate surface area is 227 Å². The summed E-state index contributed by atoms with van der Waals surface area (Å²) < 4.78 is 34.6. The number of ether oxygens (including phenoxy) is 1. The Kier molecular flexibility index (Phi) is 7.65. The second-order valence-corrected chi connectivity index (χ2v) is 11.4. The van der Waals surface area contributed by atoms with Crippen molar-refractivity contribution in [1.29, 1.82) is 0 Å². The van der Waals surface area contributed by atoms with E-state index in [1.165, 1.54) is 44.3 Å². The number of carbonyl (C=O) groups is 2. The molecule has 2 aromatic heterocycles. The molecule has 2 aromatic carbocycles. The number of methoxy groups -OCH3 is 1. The lowest BCUT2D eigenvalue weighted by atomic mass is 10.0. The standard InChI is InChI=1S/C29H30N4O5S/c1-38-26-17-22(29(35)32-39(36,37)28-8-4-5-14-30-28)9-10-23(26)19-33-15-13-21-11-12-24(18-25(21)33)31-27(34)16-20-6-2-3-7-20/h4-5,8-15,17-18,20H,2-3,6-7,16,19H2,1H3,(H,31,34)(H,32,35). The quantitative estimate of drug-likeness (QED) is 0.313. The molecule has 0 radical (unpaired) electrons. The first-order chi connectivity index (χ1) is 18.8. The highest BCUT2D eigenvalue weighted by Crippen LogP contribution is 2.29. The van der Waals surface area contributed by atoms with Crippen molar-refractivity contribution in [2.75, 3.05) is 12.4 Å². The first-order valence-electron chi connectivity index (χ1n) is 12.9. The van der Waals surface area contributed by atoms with Gasteiger partial charge in [0.2, 0.25) is 5.91 Å². The van der Waals surface area contributed by atoms with Crippen molar-refractivity contribution in [2.24, 2.45) is 5.92 Å². The minimum Gasteiger partial charge on any atom is -0.496 e. The van der Waals surface area contributed by atoms with Gasteiger partial charge >= 0.3 is 0 Å². The SMILES string of the molecule is COc1cc(C(=O)NS(=O)(=O)c2ccccn2)ccc1Cn1ccc2ccc(NC(=O)CC3CCCC3)cc21. The van der Waals surface area contributed by atoms with Crippen LogP contribution in [0.1, 0.15) is 48.0 Å². The van der Waals surface area contributed by atoms with Crippen molar-refractivity contribution in [3.63, 3.8) is 0 Å². The van der Waals surface area contributed by atoms with E-state index in [2.05, 4.69) is 10.3 Å². The Morgan fingerprint density at radius 2 is 1.87 bits per heavy atom. The Morgan fingerprint density at radius 1 is 1.05 bits per heavy atom. The van der Waals surface area contributed by atoms with Crippen LogP contribution in [0.3, 0.4) is 0 Å². The average molecular weight is 547 g/mol. The van der Waals surface area contributed by atoms with Crippen LogP contribution in [0.2, 0.25) is 0 Å². The smallest absolute Gasteiger partial charge is 0.281 e. The molecule has 0 atom stereocenters.